The van der Waals surface area contributed by atoms with Gasteiger partial charge in [-0.3, -0.25) is 9.52 Å². The van der Waals surface area contributed by atoms with Crippen LogP contribution in [0.4, 0.5) is 5.69 Å². The molecule has 3 aromatic carbocycles. The van der Waals surface area contributed by atoms with Gasteiger partial charge >= 0.3 is 0 Å². The van der Waals surface area contributed by atoms with Crippen LogP contribution in [0.2, 0.25) is 0 Å². The number of amides is 1. The number of aryl methyl sites for hydroxylation is 1. The van der Waals surface area contributed by atoms with Crippen LogP contribution in [0.1, 0.15) is 21.5 Å². The number of hydrogen-bond donors (Lipinski definition) is 2. The van der Waals surface area contributed by atoms with E-state index >= 15 is 0 Å². The zero-order chi connectivity index (χ0) is 21.4. The summed E-state index contributed by atoms with van der Waals surface area (Å²) in [5.41, 5.74) is 3.03. The van der Waals surface area contributed by atoms with Gasteiger partial charge in [0.1, 0.15) is 0 Å². The summed E-state index contributed by atoms with van der Waals surface area (Å²) in [4.78, 5) is 12.7. The van der Waals surface area contributed by atoms with Crippen molar-refractivity contribution in [1.82, 2.24) is 5.32 Å². The molecule has 156 valence electrons. The third kappa shape index (κ3) is 6.11. The lowest BCUT2D eigenvalue weighted by molar-refractivity contribution is 0.0957. The molecular formula is C23H24N2O3S2. The molecule has 0 bridgehead atoms. The molecule has 5 nitrogen and oxygen atoms in total. The second-order valence-corrected chi connectivity index (χ2v) is 9.55. The van der Waals surface area contributed by atoms with E-state index in [2.05, 4.69) is 41.2 Å². The summed E-state index contributed by atoms with van der Waals surface area (Å²) in [6.07, 6.45) is 0. The molecule has 0 atom stereocenters. The van der Waals surface area contributed by atoms with Gasteiger partial charge in [0.2, 0.25) is 0 Å². The van der Waals surface area contributed by atoms with E-state index in [-0.39, 0.29) is 16.5 Å². The first-order valence-corrected chi connectivity index (χ1v) is 12.2. The summed E-state index contributed by atoms with van der Waals surface area (Å²) in [6.45, 7) is 2.55. The molecule has 0 spiro atoms. The summed E-state index contributed by atoms with van der Waals surface area (Å²) < 4.78 is 27.7. The maximum atomic E-state index is 12.6. The van der Waals surface area contributed by atoms with E-state index in [1.807, 2.05) is 0 Å². The van der Waals surface area contributed by atoms with Crippen molar-refractivity contribution in [3.05, 3.63) is 95.6 Å². The number of sulfonamides is 1. The van der Waals surface area contributed by atoms with Crippen molar-refractivity contribution in [2.45, 2.75) is 17.6 Å². The number of carbonyl (C=O) groups excluding carboxylic acids is 1. The zero-order valence-corrected chi connectivity index (χ0v) is 18.3. The van der Waals surface area contributed by atoms with Crippen molar-refractivity contribution in [2.75, 3.05) is 17.0 Å². The van der Waals surface area contributed by atoms with Crippen LogP contribution < -0.4 is 10.0 Å². The Bertz CT molecular complexity index is 1080. The molecule has 0 aliphatic carbocycles. The van der Waals surface area contributed by atoms with E-state index in [1.54, 1.807) is 54.2 Å². The van der Waals surface area contributed by atoms with Crippen molar-refractivity contribution >= 4 is 33.4 Å². The molecule has 0 aromatic heterocycles. The largest absolute Gasteiger partial charge is 0.351 e. The lowest BCUT2D eigenvalue weighted by Crippen LogP contribution is -2.27. The molecule has 0 radical (unpaired) electrons. The average Bonchev–Trinajstić information content (AvgIpc) is 2.75. The number of para-hydroxylation sites is 1. The Morgan fingerprint density at radius 2 is 1.57 bits per heavy atom. The van der Waals surface area contributed by atoms with Crippen LogP contribution in [0.25, 0.3) is 0 Å². The number of carbonyl (C=O) groups is 1. The number of hydrogen-bond acceptors (Lipinski definition) is 4. The molecule has 0 aliphatic rings. The minimum Gasteiger partial charge on any atom is -0.351 e. The van der Waals surface area contributed by atoms with Crippen molar-refractivity contribution in [1.29, 1.82) is 0 Å². The van der Waals surface area contributed by atoms with E-state index in [1.165, 1.54) is 23.3 Å². The molecule has 1 amide bonds. The van der Waals surface area contributed by atoms with E-state index in [0.717, 1.165) is 11.5 Å². The first kappa shape index (κ1) is 21.9. The number of benzene rings is 3. The topological polar surface area (TPSA) is 75.3 Å². The summed E-state index contributed by atoms with van der Waals surface area (Å²) in [5, 5.41) is 2.87. The number of nitrogens with one attached hydrogen (secondary N) is 2. The molecule has 0 unspecified atom stereocenters. The first-order valence-electron chi connectivity index (χ1n) is 9.54. The minimum atomic E-state index is -3.77. The van der Waals surface area contributed by atoms with Gasteiger partial charge in [-0.05, 0) is 36.8 Å². The summed E-state index contributed by atoms with van der Waals surface area (Å²) >= 11 is 1.73. The normalized spacial score (nSPS) is 11.1. The molecule has 3 rings (SSSR count). The van der Waals surface area contributed by atoms with Gasteiger partial charge in [-0.1, -0.05) is 60.2 Å². The van der Waals surface area contributed by atoms with Gasteiger partial charge in [-0.2, -0.15) is 11.8 Å². The van der Waals surface area contributed by atoms with Crippen molar-refractivity contribution in [2.24, 2.45) is 0 Å². The van der Waals surface area contributed by atoms with Crippen LogP contribution in [0, 0.1) is 6.92 Å². The van der Waals surface area contributed by atoms with Gasteiger partial charge in [-0.15, -0.1) is 0 Å². The molecule has 0 fully saturated rings. The second-order valence-electron chi connectivity index (χ2n) is 6.76. The van der Waals surface area contributed by atoms with Crippen LogP contribution in [0.5, 0.6) is 0 Å². The Hall–Kier alpha value is -2.77. The minimum absolute atomic E-state index is 0.146. The summed E-state index contributed by atoms with van der Waals surface area (Å²) in [7, 11) is -3.77. The molecule has 0 heterocycles. The molecule has 0 saturated heterocycles. The van der Waals surface area contributed by atoms with Crippen LogP contribution in [0.3, 0.4) is 0 Å². The molecule has 30 heavy (non-hydrogen) atoms. The Labute approximate surface area is 182 Å². The van der Waals surface area contributed by atoms with Crippen LogP contribution in [-0.2, 0) is 15.8 Å². The SMILES string of the molecule is Cc1ccc(CSCCNC(=O)c2ccccc2NS(=O)(=O)c2ccccc2)cc1. The second kappa shape index (κ2) is 10.3. The van der Waals surface area contributed by atoms with Gasteiger partial charge in [0.15, 0.2) is 0 Å². The highest BCUT2D eigenvalue weighted by molar-refractivity contribution is 7.98. The fourth-order valence-corrected chi connectivity index (χ4v) is 4.70. The molecule has 0 saturated carbocycles. The Morgan fingerprint density at radius 1 is 0.900 bits per heavy atom. The van der Waals surface area contributed by atoms with Crippen LogP contribution >= 0.6 is 11.8 Å². The summed E-state index contributed by atoms with van der Waals surface area (Å²) in [5.74, 6) is 1.33. The van der Waals surface area contributed by atoms with Crippen LogP contribution in [0.15, 0.2) is 83.8 Å². The lowest BCUT2D eigenvalue weighted by Gasteiger charge is -2.13. The quantitative estimate of drug-likeness (QED) is 0.482. The van der Waals surface area contributed by atoms with Crippen LogP contribution in [-0.4, -0.2) is 26.6 Å². The predicted molar refractivity (Wildman–Crippen MR) is 123 cm³/mol. The average molecular weight is 441 g/mol. The Morgan fingerprint density at radius 3 is 2.30 bits per heavy atom. The standard InChI is InChI=1S/C23H24N2O3S2/c1-18-11-13-19(14-12-18)17-29-16-15-24-23(26)21-9-5-6-10-22(21)25-30(27,28)20-7-3-2-4-8-20/h2-14,25H,15-17H2,1H3,(H,24,26). The lowest BCUT2D eigenvalue weighted by atomic mass is 10.2. The highest BCUT2D eigenvalue weighted by Crippen LogP contribution is 2.20. The number of thioether (sulfide) groups is 1. The van der Waals surface area contributed by atoms with Crippen molar-refractivity contribution in [3.63, 3.8) is 0 Å². The highest BCUT2D eigenvalue weighted by Gasteiger charge is 2.18. The van der Waals surface area contributed by atoms with E-state index in [4.69, 9.17) is 0 Å². The first-order chi connectivity index (χ1) is 14.5. The van der Waals surface area contributed by atoms with Crippen molar-refractivity contribution < 1.29 is 13.2 Å². The maximum Gasteiger partial charge on any atom is 0.261 e. The molecule has 3 aromatic rings. The van der Waals surface area contributed by atoms with Gasteiger partial charge in [0.25, 0.3) is 15.9 Å². The molecule has 0 aliphatic heterocycles. The monoisotopic (exact) mass is 440 g/mol. The van der Waals surface area contributed by atoms with E-state index in [0.29, 0.717) is 12.1 Å². The van der Waals surface area contributed by atoms with E-state index in [9.17, 15) is 13.2 Å². The molecule has 7 heteroatoms. The zero-order valence-electron chi connectivity index (χ0n) is 16.7. The van der Waals surface area contributed by atoms with E-state index < -0.39 is 10.0 Å². The van der Waals surface area contributed by atoms with Gasteiger partial charge < -0.3 is 5.32 Å². The Kier molecular flexibility index (Phi) is 7.54. The van der Waals surface area contributed by atoms with Gasteiger partial charge in [-0.25, -0.2) is 8.42 Å². The maximum absolute atomic E-state index is 12.6. The smallest absolute Gasteiger partial charge is 0.261 e. The van der Waals surface area contributed by atoms with Crippen molar-refractivity contribution in [3.8, 4) is 0 Å². The third-order valence-corrected chi connectivity index (χ3v) is 6.80. The van der Waals surface area contributed by atoms with Gasteiger partial charge in [0, 0.05) is 18.1 Å². The number of anilines is 1. The fraction of sp³-hybridized carbons (Fsp3) is 0.174. The fourth-order valence-electron chi connectivity index (χ4n) is 2.78. The predicted octanol–water partition coefficient (Wildman–Crippen LogP) is 4.46. The molecular weight excluding hydrogens is 416 g/mol. The molecule has 2 N–H and O–H groups in total. The summed E-state index contributed by atoms with van der Waals surface area (Å²) in [6, 6.07) is 23.1. The third-order valence-electron chi connectivity index (χ3n) is 4.39. The highest BCUT2D eigenvalue weighted by atomic mass is 32.2. The van der Waals surface area contributed by atoms with Gasteiger partial charge in [0.05, 0.1) is 16.1 Å². The Balaban J connectivity index is 1.55. The number of rotatable bonds is 9.